The molecule has 1 amide bonds. The third-order valence-electron chi connectivity index (χ3n) is 7.12. The maximum atomic E-state index is 13.7. The van der Waals surface area contributed by atoms with Crippen molar-refractivity contribution in [2.45, 2.75) is 57.2 Å². The van der Waals surface area contributed by atoms with Crippen molar-refractivity contribution in [1.82, 2.24) is 19.4 Å². The number of aromatic nitrogens is 2. The molecule has 162 valence electrons. The number of hydrogen-bond acceptors (Lipinski definition) is 4. The number of rotatable bonds is 4. The van der Waals surface area contributed by atoms with Crippen LogP contribution < -0.4 is 5.69 Å². The predicted molar refractivity (Wildman–Crippen MR) is 111 cm³/mol. The van der Waals surface area contributed by atoms with Crippen LogP contribution in [0.4, 0.5) is 9.18 Å². The van der Waals surface area contributed by atoms with Crippen molar-refractivity contribution in [3.8, 4) is 0 Å². The summed E-state index contributed by atoms with van der Waals surface area (Å²) in [5.41, 5.74) is 1.17. The Morgan fingerprint density at radius 2 is 1.97 bits per heavy atom. The highest BCUT2D eigenvalue weighted by atomic mass is 19.1. The summed E-state index contributed by atoms with van der Waals surface area (Å²) in [5.74, 6) is 0.234. The van der Waals surface area contributed by atoms with Crippen molar-refractivity contribution >= 4 is 17.1 Å². The van der Waals surface area contributed by atoms with E-state index in [1.165, 1.54) is 12.1 Å². The molecule has 2 bridgehead atoms. The zero-order valence-corrected chi connectivity index (χ0v) is 17.3. The quantitative estimate of drug-likeness (QED) is 0.832. The fourth-order valence-electron chi connectivity index (χ4n) is 5.95. The molecule has 1 aromatic carbocycles. The first kappa shape index (κ1) is 19.6. The van der Waals surface area contributed by atoms with E-state index in [2.05, 4.69) is 9.88 Å². The average molecular weight is 416 g/mol. The standard InChI is InChI=1S/C22H29FN4O3/c1-2-30-22(29)26-16-4-5-17(26)10-14(9-16)12-25-8-7-18(13-25)27-20-11-15(23)3-6-19(20)24-21(27)28/h3,6,11,14,16-18H,2,4-5,7-10,12-13H2,1H3,(H,24,28)/t14?,16-,17+,18-/m0/s1. The highest BCUT2D eigenvalue weighted by molar-refractivity contribution is 5.75. The number of halogens is 1. The third-order valence-corrected chi connectivity index (χ3v) is 7.12. The van der Waals surface area contributed by atoms with Crippen LogP contribution in [0.25, 0.3) is 11.0 Å². The van der Waals surface area contributed by atoms with Crippen LogP contribution in [0.2, 0.25) is 0 Å². The topological polar surface area (TPSA) is 70.6 Å². The second-order valence-corrected chi connectivity index (χ2v) is 8.99. The number of amides is 1. The Kier molecular flexibility index (Phi) is 5.05. The molecule has 0 radical (unpaired) electrons. The number of nitrogens with one attached hydrogen (secondary N) is 1. The van der Waals surface area contributed by atoms with Gasteiger partial charge in [0.15, 0.2) is 0 Å². The van der Waals surface area contributed by atoms with Gasteiger partial charge in [0.1, 0.15) is 5.82 Å². The van der Waals surface area contributed by atoms with Crippen LogP contribution in [-0.2, 0) is 4.74 Å². The van der Waals surface area contributed by atoms with Gasteiger partial charge in [-0.05, 0) is 63.1 Å². The summed E-state index contributed by atoms with van der Waals surface area (Å²) in [6.07, 6.45) is 4.91. The lowest BCUT2D eigenvalue weighted by atomic mass is 9.90. The van der Waals surface area contributed by atoms with Gasteiger partial charge in [-0.2, -0.15) is 0 Å². The molecule has 4 atom stereocenters. The van der Waals surface area contributed by atoms with Crippen molar-refractivity contribution in [2.24, 2.45) is 5.92 Å². The first-order valence-corrected chi connectivity index (χ1v) is 11.1. The second-order valence-electron chi connectivity index (χ2n) is 8.99. The molecule has 0 saturated carbocycles. The summed E-state index contributed by atoms with van der Waals surface area (Å²) in [5, 5.41) is 0. The fraction of sp³-hybridized carbons (Fsp3) is 0.636. The number of H-pyrrole nitrogens is 1. The van der Waals surface area contributed by atoms with E-state index in [0.717, 1.165) is 51.7 Å². The number of carbonyl (C=O) groups is 1. The van der Waals surface area contributed by atoms with Gasteiger partial charge in [-0.25, -0.2) is 14.0 Å². The van der Waals surface area contributed by atoms with Crippen LogP contribution in [0.3, 0.4) is 0 Å². The van der Waals surface area contributed by atoms with Gasteiger partial charge in [-0.3, -0.25) is 4.57 Å². The maximum Gasteiger partial charge on any atom is 0.410 e. The van der Waals surface area contributed by atoms with Gasteiger partial charge < -0.3 is 19.5 Å². The molecule has 30 heavy (non-hydrogen) atoms. The second kappa shape index (κ2) is 7.72. The molecule has 7 nitrogen and oxygen atoms in total. The van der Waals surface area contributed by atoms with E-state index >= 15 is 0 Å². The zero-order valence-electron chi connectivity index (χ0n) is 17.3. The van der Waals surface area contributed by atoms with E-state index in [1.54, 1.807) is 10.6 Å². The summed E-state index contributed by atoms with van der Waals surface area (Å²) >= 11 is 0. The molecule has 3 fully saturated rings. The molecule has 1 aromatic heterocycles. The van der Waals surface area contributed by atoms with Gasteiger partial charge >= 0.3 is 11.8 Å². The van der Waals surface area contributed by atoms with Crippen LogP contribution in [0.15, 0.2) is 23.0 Å². The number of nitrogens with zero attached hydrogens (tertiary/aromatic N) is 3. The molecule has 3 saturated heterocycles. The number of imidazole rings is 1. The minimum atomic E-state index is -0.325. The normalized spacial score (nSPS) is 29.1. The van der Waals surface area contributed by atoms with E-state index in [0.29, 0.717) is 35.6 Å². The highest BCUT2D eigenvalue weighted by Gasteiger charge is 2.44. The molecule has 4 heterocycles. The zero-order chi connectivity index (χ0) is 20.8. The maximum absolute atomic E-state index is 13.7. The lowest BCUT2D eigenvalue weighted by molar-refractivity contribution is 0.0546. The molecule has 5 rings (SSSR count). The number of benzene rings is 1. The minimum absolute atomic E-state index is 0.0596. The molecule has 8 heteroatoms. The van der Waals surface area contributed by atoms with Gasteiger partial charge in [0, 0.05) is 31.7 Å². The lowest BCUT2D eigenvalue weighted by Crippen LogP contribution is -2.48. The Labute approximate surface area is 174 Å². The Morgan fingerprint density at radius 1 is 1.20 bits per heavy atom. The Bertz CT molecular complexity index is 988. The van der Waals surface area contributed by atoms with Crippen molar-refractivity contribution in [1.29, 1.82) is 0 Å². The first-order chi connectivity index (χ1) is 14.5. The van der Waals surface area contributed by atoms with Gasteiger partial charge in [0.2, 0.25) is 0 Å². The molecular weight excluding hydrogens is 387 g/mol. The molecule has 1 unspecified atom stereocenters. The smallest absolute Gasteiger partial charge is 0.410 e. The number of ether oxygens (including phenoxy) is 1. The third kappa shape index (κ3) is 3.41. The number of hydrogen-bond donors (Lipinski definition) is 1. The lowest BCUT2D eigenvalue weighted by Gasteiger charge is -2.39. The summed E-state index contributed by atoms with van der Waals surface area (Å²) in [6, 6.07) is 5.10. The SMILES string of the molecule is CCOC(=O)N1[C@@H]2CC[C@H]1CC(CN1CC[C@H](n3c(=O)[nH]c4ccc(F)cc43)C1)C2. The van der Waals surface area contributed by atoms with Crippen LogP contribution >= 0.6 is 0 Å². The molecule has 0 aliphatic carbocycles. The Balaban J connectivity index is 1.24. The van der Waals surface area contributed by atoms with Crippen molar-refractivity contribution in [2.75, 3.05) is 26.2 Å². The number of piperidine rings is 1. The van der Waals surface area contributed by atoms with Crippen LogP contribution in [0.5, 0.6) is 0 Å². The molecule has 3 aliphatic rings. The molecule has 3 aliphatic heterocycles. The van der Waals surface area contributed by atoms with Gasteiger partial charge in [-0.15, -0.1) is 0 Å². The minimum Gasteiger partial charge on any atom is -0.450 e. The summed E-state index contributed by atoms with van der Waals surface area (Å²) in [7, 11) is 0. The van der Waals surface area contributed by atoms with Crippen molar-refractivity contribution in [3.63, 3.8) is 0 Å². The highest BCUT2D eigenvalue weighted by Crippen LogP contribution is 2.40. The van der Waals surface area contributed by atoms with Crippen LogP contribution in [-0.4, -0.2) is 63.8 Å². The van der Waals surface area contributed by atoms with E-state index in [1.807, 2.05) is 11.8 Å². The monoisotopic (exact) mass is 416 g/mol. The van der Waals surface area contributed by atoms with E-state index in [-0.39, 0.29) is 23.6 Å². The Hall–Kier alpha value is -2.35. The predicted octanol–water partition coefficient (Wildman–Crippen LogP) is 3.12. The van der Waals surface area contributed by atoms with Crippen LogP contribution in [0.1, 0.15) is 45.1 Å². The average Bonchev–Trinajstić information content (AvgIpc) is 3.36. The van der Waals surface area contributed by atoms with Gasteiger partial charge in [0.05, 0.1) is 23.7 Å². The van der Waals surface area contributed by atoms with Crippen molar-refractivity contribution < 1.29 is 13.9 Å². The number of fused-ring (bicyclic) bond motifs is 3. The first-order valence-electron chi connectivity index (χ1n) is 11.1. The largest absolute Gasteiger partial charge is 0.450 e. The number of carbonyl (C=O) groups excluding carboxylic acids is 1. The van der Waals surface area contributed by atoms with Crippen molar-refractivity contribution in [3.05, 3.63) is 34.5 Å². The molecule has 0 spiro atoms. The number of aromatic amines is 1. The van der Waals surface area contributed by atoms with Gasteiger partial charge in [-0.1, -0.05) is 0 Å². The fourth-order valence-corrected chi connectivity index (χ4v) is 5.95. The summed E-state index contributed by atoms with van der Waals surface area (Å²) in [4.78, 5) is 32.0. The van der Waals surface area contributed by atoms with E-state index < -0.39 is 0 Å². The summed E-state index contributed by atoms with van der Waals surface area (Å²) < 4.78 is 20.7. The number of likely N-dealkylation sites (tertiary alicyclic amines) is 1. The molecular formula is C22H29FN4O3. The Morgan fingerprint density at radius 3 is 2.70 bits per heavy atom. The summed E-state index contributed by atoms with van der Waals surface area (Å²) in [6.45, 7) is 5.00. The molecule has 1 N–H and O–H groups in total. The van der Waals surface area contributed by atoms with Gasteiger partial charge in [0.25, 0.3) is 0 Å². The van der Waals surface area contributed by atoms with Crippen LogP contribution in [0, 0.1) is 11.7 Å². The van der Waals surface area contributed by atoms with E-state index in [4.69, 9.17) is 4.74 Å². The van der Waals surface area contributed by atoms with E-state index in [9.17, 15) is 14.0 Å². The molecule has 2 aromatic rings.